The van der Waals surface area contributed by atoms with Gasteiger partial charge in [0, 0.05) is 61.2 Å². The van der Waals surface area contributed by atoms with Gasteiger partial charge in [-0.2, -0.15) is 9.97 Å². The molecule has 5 aliphatic rings. The number of aliphatic hydroxyl groups is 1. The Morgan fingerprint density at radius 3 is 2.76 bits per heavy atom. The molecule has 0 bridgehead atoms. The van der Waals surface area contributed by atoms with Crippen molar-refractivity contribution in [3.63, 3.8) is 0 Å². The average molecular weight is 523 g/mol. The molecule has 206 valence electrons. The fraction of sp³-hybridized carbons (Fsp3) is 0.724. The van der Waals surface area contributed by atoms with E-state index in [2.05, 4.69) is 22.2 Å². The SMILES string of the molecule is CN1CCC[C@H]1COc1nc(/C(O)=C2\CCC[C@@]3(CCCCC3=O)C2C=N)cc(N2CCNC3(CC3)C2)n1. The van der Waals surface area contributed by atoms with Gasteiger partial charge >= 0.3 is 6.01 Å². The molecule has 9 heteroatoms. The lowest BCUT2D eigenvalue weighted by molar-refractivity contribution is -0.134. The molecule has 1 aromatic heterocycles. The number of piperazine rings is 1. The fourth-order valence-corrected chi connectivity index (χ4v) is 7.40. The van der Waals surface area contributed by atoms with Crippen molar-refractivity contribution in [2.45, 2.75) is 82.2 Å². The Kier molecular flexibility index (Phi) is 6.93. The molecule has 6 rings (SSSR count). The largest absolute Gasteiger partial charge is 0.506 e. The van der Waals surface area contributed by atoms with Crippen LogP contribution in [0.2, 0.25) is 0 Å². The van der Waals surface area contributed by atoms with Crippen LogP contribution in [-0.2, 0) is 4.79 Å². The molecule has 3 heterocycles. The summed E-state index contributed by atoms with van der Waals surface area (Å²) in [6, 6.07) is 2.51. The van der Waals surface area contributed by atoms with Crippen molar-refractivity contribution in [1.29, 1.82) is 5.41 Å². The predicted molar refractivity (Wildman–Crippen MR) is 147 cm³/mol. The van der Waals surface area contributed by atoms with Crippen LogP contribution in [0.1, 0.15) is 76.3 Å². The lowest BCUT2D eigenvalue weighted by atomic mass is 9.57. The molecule has 3 atom stereocenters. The zero-order valence-electron chi connectivity index (χ0n) is 22.7. The highest BCUT2D eigenvalue weighted by molar-refractivity contribution is 5.91. The maximum atomic E-state index is 13.2. The second-order valence-corrected chi connectivity index (χ2v) is 12.3. The molecule has 3 N–H and O–H groups in total. The van der Waals surface area contributed by atoms with Crippen molar-refractivity contribution in [3.8, 4) is 6.01 Å². The van der Waals surface area contributed by atoms with Crippen molar-refractivity contribution in [1.82, 2.24) is 20.2 Å². The number of likely N-dealkylation sites (N-methyl/N-ethyl adjacent to an activating group) is 1. The number of hydrogen-bond acceptors (Lipinski definition) is 9. The summed E-state index contributed by atoms with van der Waals surface area (Å²) in [5.41, 5.74) is 0.836. The lowest BCUT2D eigenvalue weighted by Gasteiger charge is -2.45. The molecule has 3 aliphatic carbocycles. The van der Waals surface area contributed by atoms with Crippen LogP contribution in [0, 0.1) is 16.7 Å². The van der Waals surface area contributed by atoms with E-state index in [0.717, 1.165) is 82.5 Å². The molecule has 5 fully saturated rings. The minimum absolute atomic E-state index is 0.0960. The number of aliphatic hydroxyl groups excluding tert-OH is 1. The van der Waals surface area contributed by atoms with Crippen molar-refractivity contribution in [2.75, 3.05) is 44.7 Å². The minimum Gasteiger partial charge on any atom is -0.506 e. The molecule has 0 amide bonds. The molecule has 0 radical (unpaired) electrons. The first kappa shape index (κ1) is 25.7. The number of nitrogens with zero attached hydrogens (tertiary/aromatic N) is 4. The highest BCUT2D eigenvalue weighted by Crippen LogP contribution is 2.51. The van der Waals surface area contributed by atoms with E-state index in [1.807, 2.05) is 6.07 Å². The Morgan fingerprint density at radius 2 is 2.03 bits per heavy atom. The Labute approximate surface area is 225 Å². The first-order valence-electron chi connectivity index (χ1n) is 14.6. The van der Waals surface area contributed by atoms with Gasteiger partial charge in [-0.15, -0.1) is 0 Å². The molecule has 9 nitrogen and oxygen atoms in total. The quantitative estimate of drug-likeness (QED) is 0.382. The van der Waals surface area contributed by atoms with Gasteiger partial charge < -0.3 is 30.4 Å². The second kappa shape index (κ2) is 10.2. The topological polar surface area (TPSA) is 115 Å². The van der Waals surface area contributed by atoms with E-state index in [1.165, 1.54) is 19.1 Å². The summed E-state index contributed by atoms with van der Waals surface area (Å²) >= 11 is 0. The van der Waals surface area contributed by atoms with E-state index in [1.54, 1.807) is 0 Å². The molecule has 38 heavy (non-hydrogen) atoms. The van der Waals surface area contributed by atoms with E-state index in [9.17, 15) is 9.90 Å². The van der Waals surface area contributed by atoms with Gasteiger partial charge in [0.2, 0.25) is 0 Å². The molecule has 0 aromatic carbocycles. The van der Waals surface area contributed by atoms with E-state index >= 15 is 0 Å². The number of hydrogen-bond donors (Lipinski definition) is 3. The molecule has 1 aromatic rings. The molecule has 1 unspecified atom stereocenters. The first-order valence-corrected chi connectivity index (χ1v) is 14.6. The summed E-state index contributed by atoms with van der Waals surface area (Å²) < 4.78 is 6.18. The Balaban J connectivity index is 1.35. The summed E-state index contributed by atoms with van der Waals surface area (Å²) in [7, 11) is 2.12. The number of Topliss-reactive ketones (excluding diaryl/α,β-unsaturated/α-hetero) is 1. The predicted octanol–water partition coefficient (Wildman–Crippen LogP) is 3.74. The molecule has 2 spiro atoms. The summed E-state index contributed by atoms with van der Waals surface area (Å²) in [4.78, 5) is 27.3. The van der Waals surface area contributed by atoms with Crippen molar-refractivity contribution >= 4 is 23.6 Å². The maximum absolute atomic E-state index is 13.2. The van der Waals surface area contributed by atoms with Crippen LogP contribution >= 0.6 is 0 Å². The highest BCUT2D eigenvalue weighted by atomic mass is 16.5. The number of anilines is 1. The van der Waals surface area contributed by atoms with Crippen LogP contribution in [0.5, 0.6) is 6.01 Å². The van der Waals surface area contributed by atoms with Gasteiger partial charge in [0.25, 0.3) is 0 Å². The first-order chi connectivity index (χ1) is 18.4. The average Bonchev–Trinajstić information content (AvgIpc) is 3.55. The van der Waals surface area contributed by atoms with E-state index in [0.29, 0.717) is 37.2 Å². The smallest absolute Gasteiger partial charge is 0.319 e. The number of carbonyl (C=O) groups excluding carboxylic acids is 1. The number of ketones is 1. The molecule has 3 saturated carbocycles. The number of allylic oxidation sites excluding steroid dienone is 1. The Morgan fingerprint density at radius 1 is 1.18 bits per heavy atom. The third-order valence-electron chi connectivity index (χ3n) is 9.91. The summed E-state index contributed by atoms with van der Waals surface area (Å²) in [6.45, 7) is 4.20. The molecular formula is C29H42N6O3. The molecular weight excluding hydrogens is 480 g/mol. The maximum Gasteiger partial charge on any atom is 0.319 e. The van der Waals surface area contributed by atoms with Gasteiger partial charge in [-0.25, -0.2) is 0 Å². The third-order valence-corrected chi connectivity index (χ3v) is 9.91. The lowest BCUT2D eigenvalue weighted by Crippen LogP contribution is -2.52. The minimum atomic E-state index is -0.555. The van der Waals surface area contributed by atoms with Crippen LogP contribution in [0.3, 0.4) is 0 Å². The van der Waals surface area contributed by atoms with Crippen molar-refractivity contribution in [2.24, 2.45) is 11.3 Å². The monoisotopic (exact) mass is 522 g/mol. The van der Waals surface area contributed by atoms with Crippen LogP contribution in [0.15, 0.2) is 11.6 Å². The van der Waals surface area contributed by atoms with Gasteiger partial charge in [0.15, 0.2) is 0 Å². The number of carbonyl (C=O) groups is 1. The molecule has 2 aliphatic heterocycles. The standard InChI is InChI=1S/C29H42N6O3/c1-34-14-5-6-20(34)18-38-27-32-23(16-25(33-27)35-15-13-31-28(19-35)11-12-28)26(37)21-7-4-10-29(22(21)17-30)9-3-2-8-24(29)36/h16-17,20,22,30-31,37H,2-15,18-19H2,1H3/b26-21-,30-17?/t20-,22?,29-/m0/s1. The van der Waals surface area contributed by atoms with Gasteiger partial charge in [-0.05, 0) is 77.0 Å². The zero-order valence-corrected chi connectivity index (χ0v) is 22.7. The van der Waals surface area contributed by atoms with Crippen LogP contribution in [-0.4, -0.2) is 83.4 Å². The van der Waals surface area contributed by atoms with E-state index in [4.69, 9.17) is 20.1 Å². The number of aromatic nitrogens is 2. The second-order valence-electron chi connectivity index (χ2n) is 12.3. The normalized spacial score (nSPS) is 32.6. The van der Waals surface area contributed by atoms with Gasteiger partial charge in [-0.1, -0.05) is 6.42 Å². The van der Waals surface area contributed by atoms with Crippen LogP contribution in [0.4, 0.5) is 5.82 Å². The number of ether oxygens (including phenoxy) is 1. The van der Waals surface area contributed by atoms with Crippen molar-refractivity contribution < 1.29 is 14.6 Å². The Bertz CT molecular complexity index is 1110. The molecule has 2 saturated heterocycles. The summed E-state index contributed by atoms with van der Waals surface area (Å²) in [6.07, 6.45) is 11.6. The number of rotatable bonds is 6. The third kappa shape index (κ3) is 4.72. The fourth-order valence-electron chi connectivity index (χ4n) is 7.40. The van der Waals surface area contributed by atoms with Crippen molar-refractivity contribution in [3.05, 3.63) is 17.3 Å². The van der Waals surface area contributed by atoms with Crippen LogP contribution in [0.25, 0.3) is 5.76 Å². The number of nitrogens with one attached hydrogen (secondary N) is 2. The number of likely N-dealkylation sites (tertiary alicyclic amines) is 1. The Hall–Kier alpha value is -2.52. The zero-order chi connectivity index (χ0) is 26.3. The summed E-state index contributed by atoms with van der Waals surface area (Å²) in [5, 5.41) is 23.7. The van der Waals surface area contributed by atoms with Gasteiger partial charge in [0.1, 0.15) is 29.7 Å². The van der Waals surface area contributed by atoms with E-state index in [-0.39, 0.29) is 23.0 Å². The highest BCUT2D eigenvalue weighted by Gasteiger charge is 2.49. The van der Waals surface area contributed by atoms with Gasteiger partial charge in [-0.3, -0.25) is 4.79 Å². The van der Waals surface area contributed by atoms with Crippen LogP contribution < -0.4 is 15.0 Å². The van der Waals surface area contributed by atoms with Gasteiger partial charge in [0.05, 0.1) is 0 Å². The summed E-state index contributed by atoms with van der Waals surface area (Å²) in [5.74, 6) is 0.743. The van der Waals surface area contributed by atoms with E-state index < -0.39 is 5.41 Å².